The second-order valence-electron chi connectivity index (χ2n) is 6.29. The van der Waals surface area contributed by atoms with Gasteiger partial charge in [-0.1, -0.05) is 40.8 Å². The summed E-state index contributed by atoms with van der Waals surface area (Å²) in [6, 6.07) is 17.6. The Balaban J connectivity index is 1.57. The highest BCUT2D eigenvalue weighted by molar-refractivity contribution is 14.1. The molecule has 4 rings (SSSR count). The molecular formula is C21H17IN6OS. The first kappa shape index (κ1) is 20.2. The van der Waals surface area contributed by atoms with Crippen molar-refractivity contribution in [2.45, 2.75) is 4.43 Å². The number of aromatic nitrogens is 3. The quantitative estimate of drug-likeness (QED) is 0.177. The minimum Gasteiger partial charge on any atom is -0.365 e. The second-order valence-corrected chi connectivity index (χ2v) is 8.17. The number of aliphatic imine (C=N–C) groups is 1. The van der Waals surface area contributed by atoms with Gasteiger partial charge in [0.25, 0.3) is 5.91 Å². The first-order valence-corrected chi connectivity index (χ1v) is 11.3. The summed E-state index contributed by atoms with van der Waals surface area (Å²) < 4.78 is 0.882. The SMILES string of the molecule is NC(=O)c1c(Nc2cccc(CI)c2)n[nH]c1/N=C/c1ccc(-c2ccccn2)s1. The van der Waals surface area contributed by atoms with Crippen LogP contribution in [0.2, 0.25) is 0 Å². The molecular weight excluding hydrogens is 511 g/mol. The Kier molecular flexibility index (Phi) is 6.19. The number of nitrogens with one attached hydrogen (secondary N) is 2. The fourth-order valence-corrected chi connectivity index (χ4v) is 4.15. The summed E-state index contributed by atoms with van der Waals surface area (Å²) in [6.07, 6.45) is 3.44. The number of anilines is 2. The number of carbonyl (C=O) groups is 1. The zero-order chi connectivity index (χ0) is 20.9. The summed E-state index contributed by atoms with van der Waals surface area (Å²) in [4.78, 5) is 22.8. The summed E-state index contributed by atoms with van der Waals surface area (Å²) >= 11 is 3.85. The number of thiophene rings is 1. The average Bonchev–Trinajstić information content (AvgIpc) is 3.40. The molecule has 9 heteroatoms. The number of nitrogens with two attached hydrogens (primary N) is 1. The zero-order valence-corrected chi connectivity index (χ0v) is 18.6. The molecule has 30 heavy (non-hydrogen) atoms. The lowest BCUT2D eigenvalue weighted by atomic mass is 10.2. The monoisotopic (exact) mass is 528 g/mol. The molecule has 3 heterocycles. The van der Waals surface area contributed by atoms with Crippen molar-refractivity contribution in [1.29, 1.82) is 0 Å². The molecule has 0 aliphatic carbocycles. The Hall–Kier alpha value is -3.05. The number of alkyl halides is 1. The van der Waals surface area contributed by atoms with Crippen molar-refractivity contribution >= 4 is 63.4 Å². The van der Waals surface area contributed by atoms with Crippen molar-refractivity contribution in [1.82, 2.24) is 15.2 Å². The Labute approximate surface area is 190 Å². The van der Waals surface area contributed by atoms with Gasteiger partial charge < -0.3 is 11.1 Å². The van der Waals surface area contributed by atoms with Gasteiger partial charge in [0.05, 0.1) is 10.6 Å². The average molecular weight is 528 g/mol. The van der Waals surface area contributed by atoms with Crippen molar-refractivity contribution in [2.24, 2.45) is 10.7 Å². The fourth-order valence-electron chi connectivity index (χ4n) is 2.82. The minimum atomic E-state index is -0.608. The summed E-state index contributed by atoms with van der Waals surface area (Å²) in [7, 11) is 0. The summed E-state index contributed by atoms with van der Waals surface area (Å²) in [5.41, 5.74) is 8.71. The molecule has 4 N–H and O–H groups in total. The Morgan fingerprint density at radius 3 is 2.90 bits per heavy atom. The van der Waals surface area contributed by atoms with Crippen LogP contribution in [0, 0.1) is 0 Å². The lowest BCUT2D eigenvalue weighted by Gasteiger charge is -2.06. The minimum absolute atomic E-state index is 0.215. The van der Waals surface area contributed by atoms with Crippen LogP contribution < -0.4 is 11.1 Å². The van der Waals surface area contributed by atoms with E-state index in [2.05, 4.69) is 48.1 Å². The molecule has 4 aromatic rings. The highest BCUT2D eigenvalue weighted by atomic mass is 127. The molecule has 0 atom stereocenters. The van der Waals surface area contributed by atoms with Crippen molar-refractivity contribution < 1.29 is 4.79 Å². The van der Waals surface area contributed by atoms with Crippen LogP contribution in [0.25, 0.3) is 10.6 Å². The first-order valence-electron chi connectivity index (χ1n) is 8.99. The number of amides is 1. The maximum atomic E-state index is 12.1. The number of nitrogens with zero attached hydrogens (tertiary/aromatic N) is 3. The molecule has 0 fully saturated rings. The summed E-state index contributed by atoms with van der Waals surface area (Å²) in [6.45, 7) is 0. The normalized spacial score (nSPS) is 11.1. The standard InChI is InChI=1S/C21H17IN6OS/c22-11-13-4-3-5-14(10-13)26-21-18(19(23)29)20(27-28-21)25-12-15-7-8-17(30-15)16-6-1-2-9-24-16/h1-10,12H,11H2,(H2,23,29)(H2,26,27,28)/b25-12+. The predicted octanol–water partition coefficient (Wildman–Crippen LogP) is 5.06. The van der Waals surface area contributed by atoms with Gasteiger partial charge in [0.1, 0.15) is 5.56 Å². The number of hydrogen-bond acceptors (Lipinski definition) is 6. The fraction of sp³-hybridized carbons (Fsp3) is 0.0476. The Bertz CT molecular complexity index is 1200. The van der Waals surface area contributed by atoms with Crippen LogP contribution in [0.15, 0.2) is 65.8 Å². The lowest BCUT2D eigenvalue weighted by Crippen LogP contribution is -2.12. The molecule has 150 valence electrons. The molecule has 0 radical (unpaired) electrons. The van der Waals surface area contributed by atoms with Crippen LogP contribution in [0.4, 0.5) is 17.3 Å². The van der Waals surface area contributed by atoms with E-state index in [1.54, 1.807) is 23.7 Å². The largest absolute Gasteiger partial charge is 0.365 e. The zero-order valence-electron chi connectivity index (χ0n) is 15.7. The lowest BCUT2D eigenvalue weighted by molar-refractivity contribution is 0.100. The van der Waals surface area contributed by atoms with E-state index in [9.17, 15) is 4.79 Å². The molecule has 0 spiro atoms. The first-order chi connectivity index (χ1) is 14.6. The van der Waals surface area contributed by atoms with E-state index in [1.807, 2.05) is 54.6 Å². The van der Waals surface area contributed by atoms with Gasteiger partial charge in [-0.25, -0.2) is 4.99 Å². The number of rotatable bonds is 7. The molecule has 1 aromatic carbocycles. The van der Waals surface area contributed by atoms with Crippen molar-refractivity contribution in [3.63, 3.8) is 0 Å². The van der Waals surface area contributed by atoms with Crippen molar-refractivity contribution in [3.05, 3.63) is 76.8 Å². The number of aromatic amines is 1. The maximum Gasteiger partial charge on any atom is 0.256 e. The molecule has 7 nitrogen and oxygen atoms in total. The van der Waals surface area contributed by atoms with E-state index < -0.39 is 5.91 Å². The van der Waals surface area contributed by atoms with Crippen LogP contribution in [0.5, 0.6) is 0 Å². The molecule has 1 amide bonds. The Morgan fingerprint density at radius 1 is 1.23 bits per heavy atom. The molecule has 0 unspecified atom stereocenters. The number of carbonyl (C=O) groups excluding carboxylic acids is 1. The van der Waals surface area contributed by atoms with E-state index in [0.717, 1.165) is 31.1 Å². The van der Waals surface area contributed by atoms with Crippen molar-refractivity contribution in [2.75, 3.05) is 5.32 Å². The molecule has 0 saturated carbocycles. The van der Waals surface area contributed by atoms with Crippen LogP contribution in [0.1, 0.15) is 20.8 Å². The van der Waals surface area contributed by atoms with Crippen LogP contribution >= 0.6 is 33.9 Å². The second kappa shape index (κ2) is 9.18. The maximum absolute atomic E-state index is 12.1. The van der Waals surface area contributed by atoms with E-state index in [-0.39, 0.29) is 5.56 Å². The number of H-pyrrole nitrogens is 1. The molecule has 0 aliphatic heterocycles. The van der Waals surface area contributed by atoms with Gasteiger partial charge in [0.2, 0.25) is 0 Å². The van der Waals surface area contributed by atoms with Gasteiger partial charge in [-0.15, -0.1) is 11.3 Å². The van der Waals surface area contributed by atoms with Gasteiger partial charge in [-0.05, 0) is 42.0 Å². The third-order valence-electron chi connectivity index (χ3n) is 4.20. The smallest absolute Gasteiger partial charge is 0.256 e. The van der Waals surface area contributed by atoms with E-state index in [4.69, 9.17) is 5.73 Å². The third kappa shape index (κ3) is 4.57. The van der Waals surface area contributed by atoms with Crippen LogP contribution in [-0.4, -0.2) is 27.3 Å². The number of benzene rings is 1. The molecule has 3 aromatic heterocycles. The number of halogens is 1. The molecule has 0 bridgehead atoms. The van der Waals surface area contributed by atoms with Crippen LogP contribution in [-0.2, 0) is 4.43 Å². The highest BCUT2D eigenvalue weighted by Gasteiger charge is 2.18. The number of primary amides is 1. The predicted molar refractivity (Wildman–Crippen MR) is 129 cm³/mol. The van der Waals surface area contributed by atoms with E-state index in [0.29, 0.717) is 11.6 Å². The molecule has 0 aliphatic rings. The van der Waals surface area contributed by atoms with Crippen LogP contribution in [0.3, 0.4) is 0 Å². The number of hydrogen-bond donors (Lipinski definition) is 3. The highest BCUT2D eigenvalue weighted by Crippen LogP contribution is 2.28. The molecule has 0 saturated heterocycles. The van der Waals surface area contributed by atoms with Gasteiger partial charge in [-0.3, -0.25) is 14.9 Å². The van der Waals surface area contributed by atoms with Gasteiger partial charge in [0.15, 0.2) is 11.6 Å². The van der Waals surface area contributed by atoms with Crippen molar-refractivity contribution in [3.8, 4) is 10.6 Å². The van der Waals surface area contributed by atoms with Gasteiger partial charge >= 0.3 is 0 Å². The van der Waals surface area contributed by atoms with Gasteiger partial charge in [-0.2, -0.15) is 5.10 Å². The summed E-state index contributed by atoms with van der Waals surface area (Å²) in [5, 5.41) is 10.1. The third-order valence-corrected chi connectivity index (χ3v) is 6.13. The van der Waals surface area contributed by atoms with E-state index in [1.165, 1.54) is 0 Å². The van der Waals surface area contributed by atoms with E-state index >= 15 is 0 Å². The Morgan fingerprint density at radius 2 is 2.13 bits per heavy atom. The number of pyridine rings is 1. The summed E-state index contributed by atoms with van der Waals surface area (Å²) in [5.74, 6) is 0.0484. The topological polar surface area (TPSA) is 109 Å². The van der Waals surface area contributed by atoms with Gasteiger partial charge in [0, 0.05) is 27.4 Å².